The van der Waals surface area contributed by atoms with Crippen molar-refractivity contribution in [3.05, 3.63) is 114 Å². The van der Waals surface area contributed by atoms with Gasteiger partial charge in [0.15, 0.2) is 0 Å². The van der Waals surface area contributed by atoms with Crippen molar-refractivity contribution in [2.75, 3.05) is 26.0 Å². The van der Waals surface area contributed by atoms with Crippen LogP contribution in [0.1, 0.15) is 16.7 Å². The van der Waals surface area contributed by atoms with Crippen LogP contribution in [0.5, 0.6) is 0 Å². The minimum Gasteiger partial charge on any atom is -0.378 e. The predicted octanol–water partition coefficient (Wildman–Crippen LogP) is 6.11. The Bertz CT molecular complexity index is 1290. The van der Waals surface area contributed by atoms with E-state index in [0.717, 1.165) is 0 Å². The molecule has 4 aromatic carbocycles. The monoisotopic (exact) mass is 389 g/mol. The fraction of sp³-hybridized carbons (Fsp3) is 0.107. The van der Waals surface area contributed by atoms with Crippen LogP contribution in [0.15, 0.2) is 97.1 Å². The van der Waals surface area contributed by atoms with E-state index in [0.29, 0.717) is 0 Å². The Balaban J connectivity index is 1.71. The van der Waals surface area contributed by atoms with E-state index in [1.165, 1.54) is 50.1 Å². The molecule has 0 amide bonds. The fourth-order valence-electron chi connectivity index (χ4n) is 4.33. The molecule has 0 N–H and O–H groups in total. The molecule has 0 aliphatic carbocycles. The summed E-state index contributed by atoms with van der Waals surface area (Å²) in [6, 6.07) is 32.6. The van der Waals surface area contributed by atoms with Gasteiger partial charge in [-0.1, -0.05) is 66.7 Å². The molecule has 0 fully saturated rings. The van der Waals surface area contributed by atoms with Gasteiger partial charge in [0.25, 0.3) is 0 Å². The molecule has 0 radical (unpaired) electrons. The summed E-state index contributed by atoms with van der Waals surface area (Å²) in [6.45, 7) is 0. The van der Waals surface area contributed by atoms with Crippen molar-refractivity contribution in [2.24, 2.45) is 0 Å². The number of allylic oxidation sites excluding steroid dienone is 1. The highest BCUT2D eigenvalue weighted by Crippen LogP contribution is 2.36. The second-order valence-electron chi connectivity index (χ2n) is 7.99. The van der Waals surface area contributed by atoms with Gasteiger partial charge in [-0.3, -0.25) is 0 Å². The predicted molar refractivity (Wildman–Crippen MR) is 128 cm³/mol. The molecular formula is C28H25N2+. The minimum absolute atomic E-state index is 1.20. The summed E-state index contributed by atoms with van der Waals surface area (Å²) in [5, 5.41) is 2.63. The highest BCUT2D eigenvalue weighted by atomic mass is 15.1. The molecular weight excluding hydrogens is 364 g/mol. The lowest BCUT2D eigenvalue weighted by Gasteiger charge is -2.14. The Morgan fingerprint density at radius 3 is 2.10 bits per heavy atom. The van der Waals surface area contributed by atoms with Crippen LogP contribution in [0, 0.1) is 0 Å². The van der Waals surface area contributed by atoms with Crippen LogP contribution in [0.25, 0.3) is 16.3 Å². The van der Waals surface area contributed by atoms with Gasteiger partial charge in [-0.15, -0.1) is 0 Å². The van der Waals surface area contributed by atoms with Crippen molar-refractivity contribution in [3.63, 3.8) is 0 Å². The number of anilines is 1. The van der Waals surface area contributed by atoms with Gasteiger partial charge in [0.1, 0.15) is 7.05 Å². The highest BCUT2D eigenvalue weighted by molar-refractivity contribution is 6.22. The lowest BCUT2D eigenvalue weighted by molar-refractivity contribution is -0.399. The molecule has 2 nitrogen and oxygen atoms in total. The van der Waals surface area contributed by atoms with E-state index >= 15 is 0 Å². The van der Waals surface area contributed by atoms with E-state index < -0.39 is 0 Å². The van der Waals surface area contributed by atoms with Crippen LogP contribution in [0.4, 0.5) is 11.4 Å². The van der Waals surface area contributed by atoms with Gasteiger partial charge in [0, 0.05) is 31.9 Å². The van der Waals surface area contributed by atoms with Crippen LogP contribution in [0.3, 0.4) is 0 Å². The van der Waals surface area contributed by atoms with Crippen molar-refractivity contribution in [3.8, 4) is 0 Å². The summed E-state index contributed by atoms with van der Waals surface area (Å²) in [5.41, 5.74) is 8.67. The van der Waals surface area contributed by atoms with Crippen molar-refractivity contribution < 1.29 is 4.58 Å². The zero-order chi connectivity index (χ0) is 20.7. The second-order valence-corrected chi connectivity index (χ2v) is 7.99. The van der Waals surface area contributed by atoms with Gasteiger partial charge in [-0.25, -0.2) is 0 Å². The lowest BCUT2D eigenvalue weighted by atomic mass is 9.94. The molecule has 5 rings (SSSR count). The van der Waals surface area contributed by atoms with Crippen molar-refractivity contribution in [1.29, 1.82) is 0 Å². The number of rotatable bonds is 4. The number of hydrogen-bond acceptors (Lipinski definition) is 1. The van der Waals surface area contributed by atoms with E-state index in [9.17, 15) is 0 Å². The van der Waals surface area contributed by atoms with Crippen LogP contribution >= 0.6 is 0 Å². The van der Waals surface area contributed by atoms with Gasteiger partial charge in [0.05, 0.1) is 10.9 Å². The Morgan fingerprint density at radius 1 is 0.733 bits per heavy atom. The smallest absolute Gasteiger partial charge is 0.214 e. The third-order valence-electron chi connectivity index (χ3n) is 5.94. The molecule has 0 saturated heterocycles. The van der Waals surface area contributed by atoms with E-state index in [4.69, 9.17) is 0 Å². The Labute approximate surface area is 178 Å². The average molecular weight is 390 g/mol. The maximum Gasteiger partial charge on any atom is 0.214 e. The molecule has 0 unspecified atom stereocenters. The normalized spacial score (nSPS) is 13.2. The molecule has 146 valence electrons. The average Bonchev–Trinajstić information content (AvgIpc) is 3.06. The molecule has 1 aliphatic rings. The molecule has 0 bridgehead atoms. The highest BCUT2D eigenvalue weighted by Gasteiger charge is 2.28. The number of benzene rings is 4. The van der Waals surface area contributed by atoms with Gasteiger partial charge < -0.3 is 4.90 Å². The summed E-state index contributed by atoms with van der Waals surface area (Å²) < 4.78 is 2.31. The first kappa shape index (κ1) is 18.4. The SMILES string of the molecule is CN(C)c1ccc(/C(=C/C2=[N+](C)c3cccc4cccc2c34)c2ccccc2)cc1. The van der Waals surface area contributed by atoms with Crippen LogP contribution in [0.2, 0.25) is 0 Å². The van der Waals surface area contributed by atoms with Gasteiger partial charge in [-0.05, 0) is 40.3 Å². The maximum atomic E-state index is 2.34. The van der Waals surface area contributed by atoms with Crippen molar-refractivity contribution >= 4 is 33.4 Å². The van der Waals surface area contributed by atoms with Crippen molar-refractivity contribution in [2.45, 2.75) is 0 Å². The third-order valence-corrected chi connectivity index (χ3v) is 5.94. The van der Waals surface area contributed by atoms with E-state index in [1.54, 1.807) is 0 Å². The quantitative estimate of drug-likeness (QED) is 0.381. The number of hydrogen-bond donors (Lipinski definition) is 0. The summed E-state index contributed by atoms with van der Waals surface area (Å²) >= 11 is 0. The van der Waals surface area contributed by atoms with Crippen molar-refractivity contribution in [1.82, 2.24) is 0 Å². The van der Waals surface area contributed by atoms with Gasteiger partial charge in [0.2, 0.25) is 11.4 Å². The van der Waals surface area contributed by atoms with Crippen LogP contribution in [-0.4, -0.2) is 31.4 Å². The Kier molecular flexibility index (Phi) is 4.48. The summed E-state index contributed by atoms with van der Waals surface area (Å²) in [5.74, 6) is 0. The zero-order valence-corrected chi connectivity index (χ0v) is 17.6. The molecule has 1 aliphatic heterocycles. The topological polar surface area (TPSA) is 6.25 Å². The number of nitrogens with zero attached hydrogens (tertiary/aromatic N) is 2. The third kappa shape index (κ3) is 3.02. The molecule has 0 saturated carbocycles. The first-order valence-electron chi connectivity index (χ1n) is 10.3. The fourth-order valence-corrected chi connectivity index (χ4v) is 4.33. The second kappa shape index (κ2) is 7.31. The Morgan fingerprint density at radius 2 is 1.40 bits per heavy atom. The first-order chi connectivity index (χ1) is 14.6. The van der Waals surface area contributed by atoms with E-state index in [1.807, 2.05) is 0 Å². The standard InChI is InChI=1S/C28H25N2/c1-29(2)23-17-15-21(16-18-23)25(20-9-5-4-6-10-20)19-27-24-13-7-11-22-12-8-14-26(28(22)24)30(27)3/h4-19H,1-3H3/q+1. The Hall–Kier alpha value is -3.65. The first-order valence-corrected chi connectivity index (χ1v) is 10.3. The summed E-state index contributed by atoms with van der Waals surface area (Å²) in [4.78, 5) is 2.13. The molecule has 30 heavy (non-hydrogen) atoms. The molecule has 1 heterocycles. The van der Waals surface area contributed by atoms with E-state index in [2.05, 4.69) is 128 Å². The lowest BCUT2D eigenvalue weighted by Crippen LogP contribution is -2.09. The molecule has 0 aromatic heterocycles. The van der Waals surface area contributed by atoms with Crippen LogP contribution in [-0.2, 0) is 0 Å². The summed E-state index contributed by atoms with van der Waals surface area (Å²) in [6.07, 6.45) is 2.34. The minimum atomic E-state index is 1.20. The molecule has 0 atom stereocenters. The van der Waals surface area contributed by atoms with Gasteiger partial charge >= 0.3 is 0 Å². The maximum absolute atomic E-state index is 2.34. The zero-order valence-electron chi connectivity index (χ0n) is 17.6. The summed E-state index contributed by atoms with van der Waals surface area (Å²) in [7, 11) is 6.31. The molecule has 4 aromatic rings. The van der Waals surface area contributed by atoms with Gasteiger partial charge in [-0.2, -0.15) is 4.58 Å². The largest absolute Gasteiger partial charge is 0.378 e. The molecule has 0 spiro atoms. The van der Waals surface area contributed by atoms with Crippen LogP contribution < -0.4 is 4.90 Å². The molecule has 2 heteroatoms. The van der Waals surface area contributed by atoms with E-state index in [-0.39, 0.29) is 0 Å².